The molecule has 0 aliphatic heterocycles. The molecule has 0 radical (unpaired) electrons. The Morgan fingerprint density at radius 3 is 2.58 bits per heavy atom. The number of nitrogens with one attached hydrogen (secondary N) is 2. The molecule has 0 saturated heterocycles. The fourth-order valence-electron chi connectivity index (χ4n) is 3.13. The highest BCUT2D eigenvalue weighted by molar-refractivity contribution is 14.0. The normalized spacial score (nSPS) is 20.1. The summed E-state index contributed by atoms with van der Waals surface area (Å²) in [6.07, 6.45) is 4.97. The molecule has 1 aliphatic rings. The molecule has 0 heterocycles. The van der Waals surface area contributed by atoms with E-state index in [-0.39, 0.29) is 36.4 Å². The zero-order valence-electron chi connectivity index (χ0n) is 16.4. The van der Waals surface area contributed by atoms with Crippen LogP contribution in [0.3, 0.4) is 0 Å². The molecule has 26 heavy (non-hydrogen) atoms. The first-order chi connectivity index (χ1) is 12.0. The van der Waals surface area contributed by atoms with Crippen molar-refractivity contribution in [3.63, 3.8) is 0 Å². The Morgan fingerprint density at radius 2 is 1.92 bits per heavy atom. The van der Waals surface area contributed by atoms with Gasteiger partial charge in [0.25, 0.3) is 0 Å². The molecule has 0 spiro atoms. The van der Waals surface area contributed by atoms with Crippen molar-refractivity contribution >= 4 is 35.8 Å². The highest BCUT2D eigenvalue weighted by Gasteiger charge is 2.22. The number of nitrogens with zero attached hydrogens (tertiary/aromatic N) is 2. The van der Waals surface area contributed by atoms with Crippen LogP contribution >= 0.6 is 24.0 Å². The molecule has 2 unspecified atom stereocenters. The van der Waals surface area contributed by atoms with Gasteiger partial charge in [-0.2, -0.15) is 0 Å². The Balaban J connectivity index is 0.00000338. The molecule has 0 aromatic heterocycles. The van der Waals surface area contributed by atoms with Crippen LogP contribution in [-0.4, -0.2) is 43.4 Å². The van der Waals surface area contributed by atoms with Crippen LogP contribution in [-0.2, 0) is 11.3 Å². The summed E-state index contributed by atoms with van der Waals surface area (Å²) in [5.41, 5.74) is 2.44. The third-order valence-electron chi connectivity index (χ3n) is 5.01. The van der Waals surface area contributed by atoms with E-state index in [2.05, 4.69) is 36.6 Å². The summed E-state index contributed by atoms with van der Waals surface area (Å²) < 4.78 is 0. The standard InChI is InChI=1S/C20H32N4O.HI/c1-15-9-5-7-11-17(15)13-21-20(22-14-19(25)24(3)4)23-18-12-8-6-10-16(18)2;/h5,7,9,11,16,18H,6,8,10,12-14H2,1-4H3,(H2,21,22,23);1H. The van der Waals surface area contributed by atoms with Crippen LogP contribution in [0.15, 0.2) is 29.3 Å². The Kier molecular flexibility index (Phi) is 9.98. The first-order valence-electron chi connectivity index (χ1n) is 9.27. The average molecular weight is 472 g/mol. The van der Waals surface area contributed by atoms with Crippen LogP contribution in [0.1, 0.15) is 43.7 Å². The van der Waals surface area contributed by atoms with Crippen LogP contribution in [0.5, 0.6) is 0 Å². The number of hydrogen-bond acceptors (Lipinski definition) is 2. The van der Waals surface area contributed by atoms with E-state index in [0.717, 1.165) is 12.4 Å². The van der Waals surface area contributed by atoms with Crippen LogP contribution in [0.4, 0.5) is 0 Å². The van der Waals surface area contributed by atoms with Crippen molar-refractivity contribution in [1.82, 2.24) is 15.5 Å². The van der Waals surface area contributed by atoms with E-state index in [0.29, 0.717) is 18.5 Å². The molecule has 5 nitrogen and oxygen atoms in total. The van der Waals surface area contributed by atoms with Crippen LogP contribution in [0, 0.1) is 12.8 Å². The minimum absolute atomic E-state index is 0. The maximum Gasteiger partial charge on any atom is 0.241 e. The molecule has 1 aromatic carbocycles. The SMILES string of the molecule is Cc1ccccc1CN=C(NCC(=O)N(C)C)NC1CCCCC1C.I. The third-order valence-corrected chi connectivity index (χ3v) is 5.01. The van der Waals surface area contributed by atoms with Gasteiger partial charge < -0.3 is 15.5 Å². The van der Waals surface area contributed by atoms with Crippen LogP contribution in [0.2, 0.25) is 0 Å². The van der Waals surface area contributed by atoms with Gasteiger partial charge in [0.2, 0.25) is 5.91 Å². The van der Waals surface area contributed by atoms with Crippen molar-refractivity contribution < 1.29 is 4.79 Å². The Hall–Kier alpha value is -1.31. The molecular weight excluding hydrogens is 439 g/mol. The molecular formula is C20H33IN4O. The highest BCUT2D eigenvalue weighted by Crippen LogP contribution is 2.23. The maximum absolute atomic E-state index is 11.9. The van der Waals surface area contributed by atoms with Gasteiger partial charge >= 0.3 is 0 Å². The second-order valence-corrected chi connectivity index (χ2v) is 7.25. The number of carbonyl (C=O) groups excluding carboxylic acids is 1. The lowest BCUT2D eigenvalue weighted by Gasteiger charge is -2.31. The van der Waals surface area contributed by atoms with Crippen LogP contribution < -0.4 is 10.6 Å². The van der Waals surface area contributed by atoms with E-state index in [1.54, 1.807) is 19.0 Å². The van der Waals surface area contributed by atoms with Gasteiger partial charge in [0, 0.05) is 20.1 Å². The number of carbonyl (C=O) groups is 1. The van der Waals surface area contributed by atoms with Gasteiger partial charge in [-0.05, 0) is 36.8 Å². The van der Waals surface area contributed by atoms with Gasteiger partial charge in [0.05, 0.1) is 13.1 Å². The maximum atomic E-state index is 11.9. The second-order valence-electron chi connectivity index (χ2n) is 7.25. The van der Waals surface area contributed by atoms with Crippen molar-refractivity contribution in [2.45, 2.75) is 52.1 Å². The van der Waals surface area contributed by atoms with Gasteiger partial charge in [-0.3, -0.25) is 4.79 Å². The fraction of sp³-hybridized carbons (Fsp3) is 0.600. The predicted octanol–water partition coefficient (Wildman–Crippen LogP) is 3.32. The quantitative estimate of drug-likeness (QED) is 0.393. The number of amides is 1. The Labute approximate surface area is 175 Å². The summed E-state index contributed by atoms with van der Waals surface area (Å²) in [5, 5.41) is 6.76. The van der Waals surface area contributed by atoms with E-state index < -0.39 is 0 Å². The monoisotopic (exact) mass is 472 g/mol. The minimum atomic E-state index is 0. The molecule has 1 saturated carbocycles. The van der Waals surface area contributed by atoms with E-state index >= 15 is 0 Å². The highest BCUT2D eigenvalue weighted by atomic mass is 127. The van der Waals surface area contributed by atoms with Crippen molar-refractivity contribution in [3.05, 3.63) is 35.4 Å². The van der Waals surface area contributed by atoms with E-state index in [1.807, 2.05) is 12.1 Å². The first-order valence-corrected chi connectivity index (χ1v) is 9.27. The molecule has 1 aromatic rings. The largest absolute Gasteiger partial charge is 0.353 e. The molecule has 2 atom stereocenters. The minimum Gasteiger partial charge on any atom is -0.353 e. The number of likely N-dealkylation sites (N-methyl/N-ethyl adjacent to an activating group) is 1. The number of aliphatic imine (C=N–C) groups is 1. The molecule has 1 fully saturated rings. The number of guanidine groups is 1. The van der Waals surface area contributed by atoms with Crippen LogP contribution in [0.25, 0.3) is 0 Å². The van der Waals surface area contributed by atoms with Crippen molar-refractivity contribution in [3.8, 4) is 0 Å². The molecule has 146 valence electrons. The summed E-state index contributed by atoms with van der Waals surface area (Å²) in [5.74, 6) is 1.41. The van der Waals surface area contributed by atoms with Crippen molar-refractivity contribution in [2.75, 3.05) is 20.6 Å². The first kappa shape index (κ1) is 22.7. The number of aryl methyl sites for hydroxylation is 1. The molecule has 1 amide bonds. The molecule has 2 rings (SSSR count). The Bertz CT molecular complexity index is 603. The van der Waals surface area contributed by atoms with Crippen molar-refractivity contribution in [2.24, 2.45) is 10.9 Å². The zero-order valence-corrected chi connectivity index (χ0v) is 18.7. The van der Waals surface area contributed by atoms with E-state index in [9.17, 15) is 4.79 Å². The Morgan fingerprint density at radius 1 is 1.23 bits per heavy atom. The molecule has 0 bridgehead atoms. The van der Waals surface area contributed by atoms with E-state index in [4.69, 9.17) is 4.99 Å². The molecule has 2 N–H and O–H groups in total. The smallest absolute Gasteiger partial charge is 0.241 e. The number of benzene rings is 1. The lowest BCUT2D eigenvalue weighted by atomic mass is 9.86. The fourth-order valence-corrected chi connectivity index (χ4v) is 3.13. The topological polar surface area (TPSA) is 56.7 Å². The lowest BCUT2D eigenvalue weighted by molar-refractivity contribution is -0.127. The lowest BCUT2D eigenvalue weighted by Crippen LogP contribution is -2.49. The second kappa shape index (κ2) is 11.4. The third kappa shape index (κ3) is 7.13. The van der Waals surface area contributed by atoms with Gasteiger partial charge in [0.1, 0.15) is 0 Å². The van der Waals surface area contributed by atoms with Gasteiger partial charge in [-0.1, -0.05) is 44.0 Å². The summed E-state index contributed by atoms with van der Waals surface area (Å²) in [6.45, 7) is 5.26. The summed E-state index contributed by atoms with van der Waals surface area (Å²) in [4.78, 5) is 18.2. The zero-order chi connectivity index (χ0) is 18.2. The average Bonchev–Trinajstić information content (AvgIpc) is 2.59. The van der Waals surface area contributed by atoms with Gasteiger partial charge in [-0.25, -0.2) is 4.99 Å². The summed E-state index contributed by atoms with van der Waals surface area (Å²) in [6, 6.07) is 8.71. The number of halogens is 1. The number of hydrogen-bond donors (Lipinski definition) is 2. The number of rotatable bonds is 5. The predicted molar refractivity (Wildman–Crippen MR) is 119 cm³/mol. The molecule has 6 heteroatoms. The summed E-state index contributed by atoms with van der Waals surface area (Å²) >= 11 is 0. The van der Waals surface area contributed by atoms with Gasteiger partial charge in [-0.15, -0.1) is 24.0 Å². The van der Waals surface area contributed by atoms with Gasteiger partial charge in [0.15, 0.2) is 5.96 Å². The molecule has 1 aliphatic carbocycles. The summed E-state index contributed by atoms with van der Waals surface area (Å²) in [7, 11) is 3.54. The van der Waals surface area contributed by atoms with Crippen molar-refractivity contribution in [1.29, 1.82) is 0 Å². The van der Waals surface area contributed by atoms with E-state index in [1.165, 1.54) is 30.4 Å².